The van der Waals surface area contributed by atoms with Crippen LogP contribution in [0.1, 0.15) is 35.2 Å². The van der Waals surface area contributed by atoms with E-state index in [9.17, 15) is 14.4 Å². The molecule has 0 heterocycles. The highest BCUT2D eigenvalue weighted by Crippen LogP contribution is 2.12. The first-order valence-corrected chi connectivity index (χ1v) is 9.20. The molecule has 6 heteroatoms. The zero-order chi connectivity index (χ0) is 18.8. The molecule has 5 nitrogen and oxygen atoms in total. The second kappa shape index (κ2) is 10.5. The maximum atomic E-state index is 12.0. The molecule has 0 aliphatic rings. The molecule has 0 aliphatic carbocycles. The molecule has 0 saturated carbocycles. The molecule has 136 valence electrons. The number of carbonyl (C=O) groups excluding carboxylic acids is 3. The van der Waals surface area contributed by atoms with Gasteiger partial charge in [-0.25, -0.2) is 0 Å². The van der Waals surface area contributed by atoms with Gasteiger partial charge in [0, 0.05) is 42.4 Å². The van der Waals surface area contributed by atoms with Crippen LogP contribution in [0.25, 0.3) is 0 Å². The van der Waals surface area contributed by atoms with E-state index in [1.807, 2.05) is 30.3 Å². The number of benzene rings is 2. The minimum absolute atomic E-state index is 0.0757. The molecule has 0 fully saturated rings. The molecule has 2 rings (SSSR count). The summed E-state index contributed by atoms with van der Waals surface area (Å²) in [6, 6.07) is 16.7. The normalized spacial score (nSPS) is 10.2. The number of Topliss-reactive ketones (excluding diaryl/α,β-unsaturated/α-hetero) is 1. The van der Waals surface area contributed by atoms with Crippen LogP contribution in [0.2, 0.25) is 0 Å². The monoisotopic (exact) mass is 416 g/mol. The zero-order valence-corrected chi connectivity index (χ0v) is 15.9. The SMILES string of the molecule is O=C(CCC(=O)c1ccc(Br)cc1)NCCC(=O)NCc1ccccc1. The fourth-order valence-corrected chi connectivity index (χ4v) is 2.56. The summed E-state index contributed by atoms with van der Waals surface area (Å²) in [4.78, 5) is 35.6. The average Bonchev–Trinajstić information content (AvgIpc) is 2.66. The van der Waals surface area contributed by atoms with Crippen LogP contribution in [0.4, 0.5) is 0 Å². The number of rotatable bonds is 9. The molecule has 26 heavy (non-hydrogen) atoms. The Morgan fingerprint density at radius 3 is 2.12 bits per heavy atom. The summed E-state index contributed by atoms with van der Waals surface area (Å²) in [5.41, 5.74) is 1.61. The molecular weight excluding hydrogens is 396 g/mol. The van der Waals surface area contributed by atoms with Gasteiger partial charge in [0.05, 0.1) is 0 Å². The summed E-state index contributed by atoms with van der Waals surface area (Å²) in [7, 11) is 0. The highest BCUT2D eigenvalue weighted by Gasteiger charge is 2.09. The van der Waals surface area contributed by atoms with Crippen molar-refractivity contribution in [3.8, 4) is 0 Å². The molecule has 2 aromatic rings. The van der Waals surface area contributed by atoms with Crippen LogP contribution in [-0.4, -0.2) is 24.1 Å². The first-order valence-electron chi connectivity index (χ1n) is 8.40. The van der Waals surface area contributed by atoms with E-state index < -0.39 is 0 Å². The van der Waals surface area contributed by atoms with Crippen molar-refractivity contribution in [2.75, 3.05) is 6.54 Å². The highest BCUT2D eigenvalue weighted by atomic mass is 79.9. The number of amides is 2. The van der Waals surface area contributed by atoms with Crippen LogP contribution in [0.3, 0.4) is 0 Å². The van der Waals surface area contributed by atoms with Crippen molar-refractivity contribution in [2.24, 2.45) is 0 Å². The van der Waals surface area contributed by atoms with Crippen molar-refractivity contribution in [1.82, 2.24) is 10.6 Å². The predicted octanol–water partition coefficient (Wildman–Crippen LogP) is 3.23. The van der Waals surface area contributed by atoms with E-state index in [2.05, 4.69) is 26.6 Å². The molecule has 0 spiro atoms. The summed E-state index contributed by atoms with van der Waals surface area (Å²) in [5, 5.41) is 5.47. The minimum Gasteiger partial charge on any atom is -0.356 e. The molecule has 0 aromatic heterocycles. The Hall–Kier alpha value is -2.47. The van der Waals surface area contributed by atoms with E-state index >= 15 is 0 Å². The van der Waals surface area contributed by atoms with Gasteiger partial charge in [-0.3, -0.25) is 14.4 Å². The summed E-state index contributed by atoms with van der Waals surface area (Å²) in [5.74, 6) is -0.431. The van der Waals surface area contributed by atoms with Gasteiger partial charge < -0.3 is 10.6 Å². The Labute approximate surface area is 161 Å². The van der Waals surface area contributed by atoms with Gasteiger partial charge in [0.2, 0.25) is 11.8 Å². The number of hydrogen-bond donors (Lipinski definition) is 2. The lowest BCUT2D eigenvalue weighted by molar-refractivity contribution is -0.122. The van der Waals surface area contributed by atoms with E-state index in [4.69, 9.17) is 0 Å². The largest absolute Gasteiger partial charge is 0.356 e. The van der Waals surface area contributed by atoms with Gasteiger partial charge >= 0.3 is 0 Å². The second-order valence-electron chi connectivity index (χ2n) is 5.79. The van der Waals surface area contributed by atoms with Crippen LogP contribution in [0.15, 0.2) is 59.1 Å². The Kier molecular flexibility index (Phi) is 8.02. The molecule has 0 atom stereocenters. The standard InChI is InChI=1S/C20H21BrN2O3/c21-17-8-6-16(7-9-17)18(24)10-11-19(25)22-13-12-20(26)23-14-15-4-2-1-3-5-15/h1-9H,10-14H2,(H,22,25)(H,23,26). The van der Waals surface area contributed by atoms with Crippen molar-refractivity contribution >= 4 is 33.5 Å². The molecular formula is C20H21BrN2O3. The van der Waals surface area contributed by atoms with E-state index in [-0.39, 0.29) is 43.4 Å². The first kappa shape index (κ1) is 19.8. The highest BCUT2D eigenvalue weighted by molar-refractivity contribution is 9.10. The molecule has 0 unspecified atom stereocenters. The predicted molar refractivity (Wildman–Crippen MR) is 104 cm³/mol. The maximum absolute atomic E-state index is 12.0. The molecule has 2 aromatic carbocycles. The number of carbonyl (C=O) groups is 3. The summed E-state index contributed by atoms with van der Waals surface area (Å²) >= 11 is 3.31. The number of nitrogens with one attached hydrogen (secondary N) is 2. The van der Waals surface area contributed by atoms with Crippen LogP contribution < -0.4 is 10.6 Å². The van der Waals surface area contributed by atoms with Gasteiger partial charge in [-0.05, 0) is 17.7 Å². The van der Waals surface area contributed by atoms with Gasteiger partial charge in [0.1, 0.15) is 0 Å². The van der Waals surface area contributed by atoms with Gasteiger partial charge in [-0.1, -0.05) is 58.4 Å². The molecule has 2 amide bonds. The fourth-order valence-electron chi connectivity index (χ4n) is 2.30. The second-order valence-corrected chi connectivity index (χ2v) is 6.71. The average molecular weight is 417 g/mol. The zero-order valence-electron chi connectivity index (χ0n) is 14.3. The third-order valence-electron chi connectivity index (χ3n) is 3.75. The summed E-state index contributed by atoms with van der Waals surface area (Å²) in [6.07, 6.45) is 0.466. The maximum Gasteiger partial charge on any atom is 0.222 e. The Balaban J connectivity index is 1.60. The third-order valence-corrected chi connectivity index (χ3v) is 4.28. The van der Waals surface area contributed by atoms with E-state index in [1.54, 1.807) is 24.3 Å². The lowest BCUT2D eigenvalue weighted by Crippen LogP contribution is -2.30. The molecule has 0 bridgehead atoms. The Bertz CT molecular complexity index is 745. The topological polar surface area (TPSA) is 75.3 Å². The summed E-state index contributed by atoms with van der Waals surface area (Å²) < 4.78 is 0.900. The van der Waals surface area contributed by atoms with Crippen LogP contribution in [0.5, 0.6) is 0 Å². The number of halogens is 1. The van der Waals surface area contributed by atoms with Gasteiger partial charge in [0.25, 0.3) is 0 Å². The van der Waals surface area contributed by atoms with Crippen molar-refractivity contribution < 1.29 is 14.4 Å². The van der Waals surface area contributed by atoms with Crippen molar-refractivity contribution in [3.63, 3.8) is 0 Å². The lowest BCUT2D eigenvalue weighted by atomic mass is 10.1. The van der Waals surface area contributed by atoms with Gasteiger partial charge in [-0.15, -0.1) is 0 Å². The van der Waals surface area contributed by atoms with Crippen LogP contribution in [-0.2, 0) is 16.1 Å². The van der Waals surface area contributed by atoms with Crippen LogP contribution in [0, 0.1) is 0 Å². The number of hydrogen-bond acceptors (Lipinski definition) is 3. The summed E-state index contributed by atoms with van der Waals surface area (Å²) in [6.45, 7) is 0.723. The van der Waals surface area contributed by atoms with Crippen molar-refractivity contribution in [3.05, 3.63) is 70.2 Å². The minimum atomic E-state index is -0.230. The molecule has 0 saturated heterocycles. The van der Waals surface area contributed by atoms with Crippen molar-refractivity contribution in [2.45, 2.75) is 25.8 Å². The van der Waals surface area contributed by atoms with Crippen LogP contribution >= 0.6 is 15.9 Å². The third kappa shape index (κ3) is 7.19. The fraction of sp³-hybridized carbons (Fsp3) is 0.250. The first-order chi connectivity index (χ1) is 12.5. The molecule has 0 aliphatic heterocycles. The number of ketones is 1. The smallest absolute Gasteiger partial charge is 0.222 e. The van der Waals surface area contributed by atoms with Crippen molar-refractivity contribution in [1.29, 1.82) is 0 Å². The van der Waals surface area contributed by atoms with E-state index in [1.165, 1.54) is 0 Å². The quantitative estimate of drug-likeness (QED) is 0.616. The van der Waals surface area contributed by atoms with E-state index in [0.717, 1.165) is 10.0 Å². The van der Waals surface area contributed by atoms with Gasteiger partial charge in [0.15, 0.2) is 5.78 Å². The molecule has 2 N–H and O–H groups in total. The molecule has 0 radical (unpaired) electrons. The lowest BCUT2D eigenvalue weighted by Gasteiger charge is -2.07. The Morgan fingerprint density at radius 1 is 0.769 bits per heavy atom. The van der Waals surface area contributed by atoms with Gasteiger partial charge in [-0.2, -0.15) is 0 Å². The Morgan fingerprint density at radius 2 is 1.42 bits per heavy atom. The van der Waals surface area contributed by atoms with E-state index in [0.29, 0.717) is 12.1 Å².